The molecule has 0 unspecified atom stereocenters. The number of benzene rings is 6. The molecule has 6 aromatic carbocycles. The minimum atomic E-state index is -0.471. The van der Waals surface area contributed by atoms with Gasteiger partial charge in [-0.3, -0.25) is 20.2 Å². The summed E-state index contributed by atoms with van der Waals surface area (Å²) in [5.41, 5.74) is 13.3. The lowest BCUT2D eigenvalue weighted by atomic mass is 10.1. The number of nitrogen functional groups attached to an aromatic ring is 1. The molecule has 0 amide bonds. The average Bonchev–Trinajstić information content (AvgIpc) is 3.42. The van der Waals surface area contributed by atoms with Crippen molar-refractivity contribution in [3.05, 3.63) is 230 Å². The summed E-state index contributed by atoms with van der Waals surface area (Å²) in [5.74, 6) is 1.66. The number of nitrogens with two attached hydrogens (primary N) is 1. The van der Waals surface area contributed by atoms with Gasteiger partial charge in [0.25, 0.3) is 11.4 Å². The molecule has 18 heteroatoms. The minimum absolute atomic E-state index is 0.0237. The number of aromatic nitrogens is 2. The highest BCUT2D eigenvalue weighted by molar-refractivity contribution is 5.76. The number of rotatable bonds is 15. The number of non-ortho nitro benzene ring substituents is 2. The molecular formula is C56H56N14O4. The molecule has 2 aromatic heterocycles. The zero-order chi connectivity index (χ0) is 53.5. The number of nitrogens with one attached hydrogen (secondary N) is 3. The van der Waals surface area contributed by atoms with Crippen LogP contribution in [-0.4, -0.2) is 26.4 Å². The van der Waals surface area contributed by atoms with E-state index in [1.54, 1.807) is 31.3 Å². The lowest BCUT2D eigenvalue weighted by Crippen LogP contribution is -2.09. The van der Waals surface area contributed by atoms with Gasteiger partial charge in [-0.15, -0.1) is 10.2 Å². The third-order valence-electron chi connectivity index (χ3n) is 9.97. The number of nitrogens with zero attached hydrogens (tertiary/aromatic N) is 10. The van der Waals surface area contributed by atoms with Crippen LogP contribution in [0.1, 0.15) is 48.6 Å². The van der Waals surface area contributed by atoms with Gasteiger partial charge in [-0.05, 0) is 91.6 Å². The van der Waals surface area contributed by atoms with Crippen molar-refractivity contribution >= 4 is 63.0 Å². The van der Waals surface area contributed by atoms with E-state index in [2.05, 4.69) is 59.6 Å². The molecule has 0 atom stereocenters. The lowest BCUT2D eigenvalue weighted by Gasteiger charge is -2.15. The van der Waals surface area contributed by atoms with Crippen LogP contribution in [0.25, 0.3) is 0 Å². The second kappa shape index (κ2) is 31.1. The van der Waals surface area contributed by atoms with E-state index < -0.39 is 9.85 Å². The molecule has 8 aromatic rings. The molecule has 0 fully saturated rings. The van der Waals surface area contributed by atoms with Gasteiger partial charge in [-0.1, -0.05) is 111 Å². The van der Waals surface area contributed by atoms with Crippen molar-refractivity contribution in [2.24, 2.45) is 20.5 Å². The number of nitriles is 2. The standard InChI is InChI=1S/C27H23N7O2.C19H17N5O2.C6H7N.C2H3N.C2H6/c1-19-24(18-28)26(30-21-10-6-3-7-11-21)31-27(29-17-16-20-8-4-2-5-9-20)25(19)33-32-22-12-14-23(15-13-22)34(35)36;1-14-11-19(20-12-15-5-3-2-4-6-15)21-13-18(14)23-22-16-7-9-17(10-8-16)24(25)26;7-6-4-2-1-3-5-6;1-2-3;1-2/h2-15H,16-17H2,1H3,(H2,29,30,31);2-11,13H,12H2,1H3,(H,20,21);1-5H,7H2;1H3;1-2H3. The topological polar surface area (TPSA) is 271 Å². The summed E-state index contributed by atoms with van der Waals surface area (Å²) in [5, 5.41) is 65.5. The first-order chi connectivity index (χ1) is 36.0. The Morgan fingerprint density at radius 1 is 0.635 bits per heavy atom. The van der Waals surface area contributed by atoms with E-state index in [4.69, 9.17) is 16.0 Å². The number of hydrogen-bond acceptors (Lipinski definition) is 16. The monoisotopic (exact) mass is 988 g/mol. The molecule has 2 heterocycles. The molecule has 0 aliphatic carbocycles. The summed E-state index contributed by atoms with van der Waals surface area (Å²) in [6.07, 6.45) is 2.42. The molecule has 0 radical (unpaired) electrons. The summed E-state index contributed by atoms with van der Waals surface area (Å²) in [4.78, 5) is 29.7. The average molecular weight is 989 g/mol. The van der Waals surface area contributed by atoms with Crippen LogP contribution < -0.4 is 21.7 Å². The molecule has 0 spiro atoms. The highest BCUT2D eigenvalue weighted by Gasteiger charge is 2.18. The lowest BCUT2D eigenvalue weighted by molar-refractivity contribution is -0.385. The van der Waals surface area contributed by atoms with Crippen LogP contribution in [0.3, 0.4) is 0 Å². The maximum Gasteiger partial charge on any atom is 0.269 e. The quantitative estimate of drug-likeness (QED) is 0.0323. The van der Waals surface area contributed by atoms with E-state index in [0.717, 1.165) is 29.2 Å². The predicted molar refractivity (Wildman–Crippen MR) is 293 cm³/mol. The largest absolute Gasteiger partial charge is 0.399 e. The van der Waals surface area contributed by atoms with Crippen molar-refractivity contribution in [1.29, 1.82) is 10.5 Å². The van der Waals surface area contributed by atoms with Gasteiger partial charge in [0.1, 0.15) is 23.3 Å². The summed E-state index contributed by atoms with van der Waals surface area (Å²) < 4.78 is 0. The minimum Gasteiger partial charge on any atom is -0.399 e. The van der Waals surface area contributed by atoms with E-state index >= 15 is 0 Å². The molecule has 5 N–H and O–H groups in total. The van der Waals surface area contributed by atoms with Gasteiger partial charge in [-0.2, -0.15) is 20.8 Å². The smallest absolute Gasteiger partial charge is 0.269 e. The van der Waals surface area contributed by atoms with Gasteiger partial charge in [0.05, 0.1) is 39.1 Å². The number of hydrogen-bond donors (Lipinski definition) is 4. The third kappa shape index (κ3) is 18.9. The number of azo groups is 2. The summed E-state index contributed by atoms with van der Waals surface area (Å²) >= 11 is 0. The summed E-state index contributed by atoms with van der Waals surface area (Å²) in [7, 11) is 0. The Labute approximate surface area is 430 Å². The Bertz CT molecular complexity index is 3130. The van der Waals surface area contributed by atoms with Crippen LogP contribution in [0, 0.1) is 56.7 Å². The number of pyridine rings is 2. The van der Waals surface area contributed by atoms with Gasteiger partial charge in [-0.25, -0.2) is 9.97 Å². The van der Waals surface area contributed by atoms with Crippen LogP contribution in [-0.2, 0) is 13.0 Å². The van der Waals surface area contributed by atoms with Crippen LogP contribution in [0.5, 0.6) is 0 Å². The molecule has 0 saturated carbocycles. The summed E-state index contributed by atoms with van der Waals surface area (Å²) in [6.45, 7) is 10.4. The number of anilines is 5. The Balaban J connectivity index is 0.000000270. The normalized spacial score (nSPS) is 9.99. The first kappa shape index (κ1) is 56.4. The first-order valence-electron chi connectivity index (χ1n) is 23.2. The summed E-state index contributed by atoms with van der Waals surface area (Å²) in [6, 6.07) is 56.7. The van der Waals surface area contributed by atoms with Crippen LogP contribution in [0.4, 0.5) is 63.0 Å². The molecule has 0 aliphatic rings. The Hall–Kier alpha value is -10.2. The second-order valence-electron chi connectivity index (χ2n) is 15.2. The first-order valence-corrected chi connectivity index (χ1v) is 23.2. The fourth-order valence-electron chi connectivity index (χ4n) is 6.29. The third-order valence-corrected chi connectivity index (χ3v) is 9.97. The van der Waals surface area contributed by atoms with Crippen LogP contribution >= 0.6 is 0 Å². The van der Waals surface area contributed by atoms with Crippen molar-refractivity contribution in [1.82, 2.24) is 9.97 Å². The Kier molecular flexibility index (Phi) is 23.7. The van der Waals surface area contributed by atoms with Crippen LogP contribution in [0.15, 0.2) is 203 Å². The van der Waals surface area contributed by atoms with Crippen molar-refractivity contribution in [2.45, 2.75) is 47.6 Å². The molecule has 0 aliphatic heterocycles. The number of aryl methyl sites for hydroxylation is 1. The number of nitro groups is 2. The van der Waals surface area contributed by atoms with Crippen molar-refractivity contribution in [3.8, 4) is 12.1 Å². The highest BCUT2D eigenvalue weighted by atomic mass is 16.6. The van der Waals surface area contributed by atoms with Gasteiger partial charge in [0.15, 0.2) is 11.6 Å². The fourth-order valence-corrected chi connectivity index (χ4v) is 6.29. The van der Waals surface area contributed by atoms with Crippen molar-refractivity contribution in [3.63, 3.8) is 0 Å². The Morgan fingerprint density at radius 2 is 1.12 bits per heavy atom. The molecular weight excluding hydrogens is 933 g/mol. The van der Waals surface area contributed by atoms with Gasteiger partial charge < -0.3 is 21.7 Å². The predicted octanol–water partition coefficient (Wildman–Crippen LogP) is 15.1. The van der Waals surface area contributed by atoms with E-state index in [1.807, 2.05) is 136 Å². The zero-order valence-corrected chi connectivity index (χ0v) is 41.6. The van der Waals surface area contributed by atoms with E-state index in [0.29, 0.717) is 58.6 Å². The maximum atomic E-state index is 10.9. The van der Waals surface area contributed by atoms with E-state index in [1.165, 1.54) is 54.4 Å². The van der Waals surface area contributed by atoms with Crippen molar-refractivity contribution in [2.75, 3.05) is 28.2 Å². The molecule has 0 saturated heterocycles. The molecule has 74 heavy (non-hydrogen) atoms. The van der Waals surface area contributed by atoms with E-state index in [9.17, 15) is 25.5 Å². The van der Waals surface area contributed by atoms with Gasteiger partial charge in [0, 0.05) is 61.2 Å². The van der Waals surface area contributed by atoms with Crippen LogP contribution in [0.2, 0.25) is 0 Å². The molecule has 18 nitrogen and oxygen atoms in total. The van der Waals surface area contributed by atoms with Crippen molar-refractivity contribution < 1.29 is 9.85 Å². The number of para-hydroxylation sites is 2. The Morgan fingerprint density at radius 3 is 1.59 bits per heavy atom. The zero-order valence-electron chi connectivity index (χ0n) is 41.6. The molecule has 374 valence electrons. The molecule has 8 rings (SSSR count). The molecule has 0 bridgehead atoms. The number of nitro benzene ring substituents is 2. The fraction of sp³-hybridized carbons (Fsp3) is 0.143. The SMILES string of the molecule is CC.CC#N.Cc1c(C#N)c(Nc2ccccc2)nc(NCCc2ccccc2)c1N=Nc1ccc([N+](=O)[O-])cc1.Cc1cc(NCc2ccccc2)ncc1N=Nc1ccc([N+](=O)[O-])cc1.Nc1ccccc1. The highest BCUT2D eigenvalue weighted by Crippen LogP contribution is 2.36. The maximum absolute atomic E-state index is 10.9. The van der Waals surface area contributed by atoms with Gasteiger partial charge >= 0.3 is 0 Å². The second-order valence-corrected chi connectivity index (χ2v) is 15.2. The van der Waals surface area contributed by atoms with Gasteiger partial charge in [0.2, 0.25) is 0 Å². The van der Waals surface area contributed by atoms with E-state index in [-0.39, 0.29) is 11.4 Å².